The highest BCUT2D eigenvalue weighted by atomic mass is 16.5. The number of hydrogen-bond donors (Lipinski definition) is 2. The number of hydrogen-bond acceptors (Lipinski definition) is 3. The number of ether oxygens (including phenoxy) is 1. The fourth-order valence-electron chi connectivity index (χ4n) is 2.49. The number of nitrogens with one attached hydrogen (secondary N) is 2. The normalized spacial score (nSPS) is 27.6. The molecule has 4 heteroatoms. The van der Waals surface area contributed by atoms with Crippen LogP contribution in [0.4, 0.5) is 0 Å². The van der Waals surface area contributed by atoms with Crippen molar-refractivity contribution in [2.75, 3.05) is 26.3 Å². The summed E-state index contributed by atoms with van der Waals surface area (Å²) < 4.78 is 5.35. The van der Waals surface area contributed by atoms with E-state index in [-0.39, 0.29) is 11.9 Å². The Kier molecular flexibility index (Phi) is 4.60. The first kappa shape index (κ1) is 11.9. The third kappa shape index (κ3) is 3.76. The van der Waals surface area contributed by atoms with Crippen LogP contribution < -0.4 is 10.6 Å². The lowest BCUT2D eigenvalue weighted by Crippen LogP contribution is -2.41. The molecular formula is C12H22N2O2. The molecule has 0 aliphatic carbocycles. The van der Waals surface area contributed by atoms with E-state index in [0.29, 0.717) is 18.9 Å². The summed E-state index contributed by atoms with van der Waals surface area (Å²) in [5.74, 6) is 0.785. The summed E-state index contributed by atoms with van der Waals surface area (Å²) in [4.78, 5) is 11.8. The second-order valence-electron chi connectivity index (χ2n) is 4.88. The molecule has 0 saturated carbocycles. The quantitative estimate of drug-likeness (QED) is 0.743. The van der Waals surface area contributed by atoms with E-state index in [1.54, 1.807) is 0 Å². The van der Waals surface area contributed by atoms with Crippen LogP contribution in [0.3, 0.4) is 0 Å². The molecule has 0 aromatic rings. The molecule has 2 aliphatic rings. The first-order valence-corrected chi connectivity index (χ1v) is 6.42. The van der Waals surface area contributed by atoms with Crippen LogP contribution in [-0.2, 0) is 9.53 Å². The fourth-order valence-corrected chi connectivity index (χ4v) is 2.49. The van der Waals surface area contributed by atoms with Gasteiger partial charge in [-0.2, -0.15) is 0 Å². The minimum atomic E-state index is 0.211. The second kappa shape index (κ2) is 6.21. The number of rotatable bonds is 3. The highest BCUT2D eigenvalue weighted by Crippen LogP contribution is 2.16. The summed E-state index contributed by atoms with van der Waals surface area (Å²) in [7, 11) is 0. The zero-order valence-corrected chi connectivity index (χ0v) is 9.84. The van der Waals surface area contributed by atoms with Gasteiger partial charge in [-0.25, -0.2) is 0 Å². The Morgan fingerprint density at radius 2 is 2.12 bits per heavy atom. The maximum absolute atomic E-state index is 11.8. The van der Waals surface area contributed by atoms with Crippen molar-refractivity contribution >= 4 is 5.91 Å². The molecule has 0 radical (unpaired) electrons. The van der Waals surface area contributed by atoms with Crippen molar-refractivity contribution in [3.8, 4) is 0 Å². The summed E-state index contributed by atoms with van der Waals surface area (Å²) in [6.45, 7) is 3.66. The summed E-state index contributed by atoms with van der Waals surface area (Å²) in [6, 6.07) is 0.253. The minimum absolute atomic E-state index is 0.211. The number of piperidine rings is 1. The largest absolute Gasteiger partial charge is 0.379 e. The highest BCUT2D eigenvalue weighted by molar-refractivity contribution is 5.76. The second-order valence-corrected chi connectivity index (χ2v) is 4.88. The van der Waals surface area contributed by atoms with Gasteiger partial charge in [-0.3, -0.25) is 4.79 Å². The predicted octanol–water partition coefficient (Wildman–Crippen LogP) is 0.671. The molecule has 1 unspecified atom stereocenters. The summed E-state index contributed by atoms with van der Waals surface area (Å²) >= 11 is 0. The van der Waals surface area contributed by atoms with Crippen molar-refractivity contribution in [3.63, 3.8) is 0 Å². The van der Waals surface area contributed by atoms with E-state index < -0.39 is 0 Å². The molecule has 2 saturated heterocycles. The van der Waals surface area contributed by atoms with Gasteiger partial charge in [0.2, 0.25) is 5.91 Å². The molecule has 1 atom stereocenters. The zero-order valence-electron chi connectivity index (χ0n) is 9.84. The first-order chi connectivity index (χ1) is 7.84. The van der Waals surface area contributed by atoms with Crippen LogP contribution in [-0.4, -0.2) is 38.3 Å². The SMILES string of the molecule is O=C(CC1CCNCC1)NC1CCCOC1. The smallest absolute Gasteiger partial charge is 0.220 e. The van der Waals surface area contributed by atoms with Gasteiger partial charge in [0.1, 0.15) is 0 Å². The van der Waals surface area contributed by atoms with Crippen LogP contribution in [0.25, 0.3) is 0 Å². The van der Waals surface area contributed by atoms with Gasteiger partial charge in [0, 0.05) is 13.0 Å². The van der Waals surface area contributed by atoms with Gasteiger partial charge in [-0.15, -0.1) is 0 Å². The molecule has 0 aromatic heterocycles. The average molecular weight is 226 g/mol. The van der Waals surface area contributed by atoms with Crippen molar-refractivity contribution in [3.05, 3.63) is 0 Å². The molecule has 0 spiro atoms. The van der Waals surface area contributed by atoms with Crippen molar-refractivity contribution in [2.24, 2.45) is 5.92 Å². The van der Waals surface area contributed by atoms with Gasteiger partial charge in [0.15, 0.2) is 0 Å². The van der Waals surface area contributed by atoms with Crippen molar-refractivity contribution in [1.82, 2.24) is 10.6 Å². The van der Waals surface area contributed by atoms with Crippen LogP contribution in [0.5, 0.6) is 0 Å². The molecule has 2 N–H and O–H groups in total. The van der Waals surface area contributed by atoms with Crippen LogP contribution in [0.1, 0.15) is 32.1 Å². The van der Waals surface area contributed by atoms with Crippen LogP contribution in [0, 0.1) is 5.92 Å². The lowest BCUT2D eigenvalue weighted by molar-refractivity contribution is -0.123. The van der Waals surface area contributed by atoms with E-state index in [4.69, 9.17) is 4.74 Å². The standard InChI is InChI=1S/C12H22N2O2/c15-12(8-10-3-5-13-6-4-10)14-11-2-1-7-16-9-11/h10-11,13H,1-9H2,(H,14,15). The number of carbonyl (C=O) groups excluding carboxylic acids is 1. The molecule has 0 bridgehead atoms. The molecule has 2 aliphatic heterocycles. The van der Waals surface area contributed by atoms with Crippen LogP contribution in [0.15, 0.2) is 0 Å². The zero-order chi connectivity index (χ0) is 11.2. The Hall–Kier alpha value is -0.610. The van der Waals surface area contributed by atoms with Crippen molar-refractivity contribution < 1.29 is 9.53 Å². The van der Waals surface area contributed by atoms with Crippen LogP contribution >= 0.6 is 0 Å². The third-order valence-corrected chi connectivity index (χ3v) is 3.46. The van der Waals surface area contributed by atoms with E-state index in [1.165, 1.54) is 0 Å². The maximum Gasteiger partial charge on any atom is 0.220 e. The van der Waals surface area contributed by atoms with Gasteiger partial charge >= 0.3 is 0 Å². The van der Waals surface area contributed by atoms with Gasteiger partial charge in [-0.1, -0.05) is 0 Å². The number of amides is 1. The molecule has 4 nitrogen and oxygen atoms in total. The molecule has 16 heavy (non-hydrogen) atoms. The van der Waals surface area contributed by atoms with E-state index in [1.807, 2.05) is 0 Å². The maximum atomic E-state index is 11.8. The van der Waals surface area contributed by atoms with Gasteiger partial charge < -0.3 is 15.4 Å². The van der Waals surface area contributed by atoms with E-state index >= 15 is 0 Å². The molecule has 1 amide bonds. The number of carbonyl (C=O) groups is 1. The minimum Gasteiger partial charge on any atom is -0.379 e. The summed E-state index contributed by atoms with van der Waals surface area (Å²) in [5, 5.41) is 6.40. The van der Waals surface area contributed by atoms with Gasteiger partial charge in [-0.05, 0) is 44.7 Å². The van der Waals surface area contributed by atoms with Crippen molar-refractivity contribution in [1.29, 1.82) is 0 Å². The predicted molar refractivity (Wildman–Crippen MR) is 62.2 cm³/mol. The Bertz CT molecular complexity index is 199. The summed E-state index contributed by atoms with van der Waals surface area (Å²) in [6.07, 6.45) is 5.09. The Morgan fingerprint density at radius 1 is 1.31 bits per heavy atom. The molecule has 2 fully saturated rings. The molecule has 2 rings (SSSR count). The fraction of sp³-hybridized carbons (Fsp3) is 0.917. The first-order valence-electron chi connectivity index (χ1n) is 6.42. The topological polar surface area (TPSA) is 50.4 Å². The van der Waals surface area contributed by atoms with E-state index in [2.05, 4.69) is 10.6 Å². The van der Waals surface area contributed by atoms with E-state index in [9.17, 15) is 4.79 Å². The Balaban J connectivity index is 1.66. The molecular weight excluding hydrogens is 204 g/mol. The highest BCUT2D eigenvalue weighted by Gasteiger charge is 2.20. The summed E-state index contributed by atoms with van der Waals surface area (Å²) in [5.41, 5.74) is 0. The van der Waals surface area contributed by atoms with Crippen molar-refractivity contribution in [2.45, 2.75) is 38.1 Å². The Morgan fingerprint density at radius 3 is 2.81 bits per heavy atom. The third-order valence-electron chi connectivity index (χ3n) is 3.46. The lowest BCUT2D eigenvalue weighted by atomic mass is 9.94. The lowest BCUT2D eigenvalue weighted by Gasteiger charge is -2.26. The van der Waals surface area contributed by atoms with Gasteiger partial charge in [0.25, 0.3) is 0 Å². The van der Waals surface area contributed by atoms with Gasteiger partial charge in [0.05, 0.1) is 12.6 Å². The monoisotopic (exact) mass is 226 g/mol. The van der Waals surface area contributed by atoms with Crippen LogP contribution in [0.2, 0.25) is 0 Å². The molecule has 2 heterocycles. The Labute approximate surface area is 97.1 Å². The van der Waals surface area contributed by atoms with E-state index in [0.717, 1.165) is 45.4 Å². The average Bonchev–Trinajstić information content (AvgIpc) is 2.31. The molecule has 0 aromatic carbocycles. The molecule has 92 valence electrons.